The van der Waals surface area contributed by atoms with Gasteiger partial charge in [-0.3, -0.25) is 0 Å². The van der Waals surface area contributed by atoms with E-state index in [0.29, 0.717) is 0 Å². The highest BCUT2D eigenvalue weighted by molar-refractivity contribution is 9.10. The summed E-state index contributed by atoms with van der Waals surface area (Å²) in [5.41, 5.74) is 21.8. The second-order valence-electron chi connectivity index (χ2n) is 18.0. The molecule has 0 atom stereocenters. The molecular formula is C68H47BrN2O2. The molecule has 0 aliphatic carbocycles. The van der Waals surface area contributed by atoms with Crippen LogP contribution in [0.15, 0.2) is 280 Å². The van der Waals surface area contributed by atoms with Gasteiger partial charge < -0.3 is 19.9 Å². The Morgan fingerprint density at radius 1 is 0.288 bits per heavy atom. The maximum Gasteiger partial charge on any atom is 0.143 e. The molecule has 0 saturated heterocycles. The Kier molecular flexibility index (Phi) is 12.3. The first-order valence-corrected chi connectivity index (χ1v) is 25.2. The van der Waals surface area contributed by atoms with Crippen molar-refractivity contribution in [2.24, 2.45) is 0 Å². The van der Waals surface area contributed by atoms with Crippen molar-refractivity contribution in [2.45, 2.75) is 0 Å². The molecule has 0 aliphatic heterocycles. The SMILES string of the molecule is Brc1ccc(-c2cccc3ccccc23)cc1.Nc1ccc(-c2cccc3c2oc2ccccc23)cc1.c1ccc2c(-c3ccc(Nc4ccc(-c5cccc6c5oc5ccccc56)cc4)cc3)cccc2c1. The third-order valence-corrected chi connectivity index (χ3v) is 14.0. The van der Waals surface area contributed by atoms with Gasteiger partial charge in [-0.25, -0.2) is 0 Å². The van der Waals surface area contributed by atoms with Crippen molar-refractivity contribution < 1.29 is 8.83 Å². The van der Waals surface area contributed by atoms with Gasteiger partial charge in [0.15, 0.2) is 0 Å². The zero-order valence-corrected chi connectivity index (χ0v) is 41.3. The number of hydrogen-bond donors (Lipinski definition) is 2. The lowest BCUT2D eigenvalue weighted by Crippen LogP contribution is -1.90. The minimum atomic E-state index is 0.769. The fourth-order valence-corrected chi connectivity index (χ4v) is 10.1. The molecule has 12 aromatic carbocycles. The molecule has 2 heterocycles. The number of para-hydroxylation sites is 4. The van der Waals surface area contributed by atoms with E-state index in [1.807, 2.05) is 54.6 Å². The van der Waals surface area contributed by atoms with E-state index in [-0.39, 0.29) is 0 Å². The van der Waals surface area contributed by atoms with Crippen molar-refractivity contribution in [1.82, 2.24) is 0 Å². The van der Waals surface area contributed by atoms with Crippen molar-refractivity contribution in [3.63, 3.8) is 0 Å². The minimum absolute atomic E-state index is 0.769. The van der Waals surface area contributed by atoms with Crippen LogP contribution in [0.4, 0.5) is 17.1 Å². The zero-order chi connectivity index (χ0) is 49.1. The van der Waals surface area contributed by atoms with Crippen LogP contribution in [0.25, 0.3) is 110 Å². The summed E-state index contributed by atoms with van der Waals surface area (Å²) in [7, 11) is 0. The van der Waals surface area contributed by atoms with E-state index >= 15 is 0 Å². The highest BCUT2D eigenvalue weighted by atomic mass is 79.9. The van der Waals surface area contributed by atoms with Crippen LogP contribution in [-0.4, -0.2) is 0 Å². The first kappa shape index (κ1) is 45.0. The van der Waals surface area contributed by atoms with Crippen LogP contribution >= 0.6 is 15.9 Å². The maximum absolute atomic E-state index is 6.22. The third kappa shape index (κ3) is 9.22. The molecule has 2 aromatic heterocycles. The van der Waals surface area contributed by atoms with E-state index in [0.717, 1.165) is 87.7 Å². The highest BCUT2D eigenvalue weighted by Gasteiger charge is 2.14. The van der Waals surface area contributed by atoms with E-state index in [9.17, 15) is 0 Å². The Bertz CT molecular complexity index is 4220. The van der Waals surface area contributed by atoms with Crippen molar-refractivity contribution in [3.05, 3.63) is 271 Å². The van der Waals surface area contributed by atoms with Gasteiger partial charge in [0.1, 0.15) is 22.3 Å². The number of hydrogen-bond acceptors (Lipinski definition) is 4. The summed E-state index contributed by atoms with van der Waals surface area (Å²) in [6.07, 6.45) is 0. The Balaban J connectivity index is 0.000000123. The number of nitrogens with two attached hydrogens (primary N) is 1. The zero-order valence-electron chi connectivity index (χ0n) is 39.7. The summed E-state index contributed by atoms with van der Waals surface area (Å²) in [6, 6.07) is 92.3. The van der Waals surface area contributed by atoms with Crippen LogP contribution in [0, 0.1) is 0 Å². The van der Waals surface area contributed by atoms with Gasteiger partial charge >= 0.3 is 0 Å². The van der Waals surface area contributed by atoms with E-state index in [4.69, 9.17) is 14.6 Å². The van der Waals surface area contributed by atoms with Gasteiger partial charge in [0, 0.05) is 54.2 Å². The summed E-state index contributed by atoms with van der Waals surface area (Å²) in [4.78, 5) is 0. The Morgan fingerprint density at radius 2 is 0.616 bits per heavy atom. The number of anilines is 3. The topological polar surface area (TPSA) is 64.3 Å². The lowest BCUT2D eigenvalue weighted by Gasteiger charge is -2.10. The number of nitrogens with one attached hydrogen (secondary N) is 1. The van der Waals surface area contributed by atoms with E-state index in [2.05, 4.69) is 234 Å². The lowest BCUT2D eigenvalue weighted by molar-refractivity contribution is 0.669. The standard InChI is InChI=1S/C34H23NO.C18H13NO.C16H11Br/c1-2-9-28-23(7-1)8-5-11-29(28)24-15-19-26(20-16-24)35-27-21-17-25(18-22-27)30-12-6-13-32-31-10-3-4-14-33(31)36-34(30)32;19-13-10-8-12(9-11-13)14-5-3-6-16-15-4-1-2-7-17(15)20-18(14)16;17-14-10-8-13(9-11-14)16-7-3-5-12-4-1-2-6-15(12)16/h1-22,35H;1-11H,19H2;1-11H. The predicted octanol–water partition coefficient (Wildman–Crippen LogP) is 19.9. The summed E-state index contributed by atoms with van der Waals surface area (Å²) < 4.78 is 13.4. The van der Waals surface area contributed by atoms with Gasteiger partial charge in [-0.1, -0.05) is 222 Å². The van der Waals surface area contributed by atoms with Gasteiger partial charge in [0.25, 0.3) is 0 Å². The number of benzene rings is 12. The second kappa shape index (κ2) is 19.9. The van der Waals surface area contributed by atoms with Crippen molar-refractivity contribution in [1.29, 1.82) is 0 Å². The summed E-state index contributed by atoms with van der Waals surface area (Å²) >= 11 is 3.47. The van der Waals surface area contributed by atoms with Crippen LogP contribution in [0.1, 0.15) is 0 Å². The Morgan fingerprint density at radius 3 is 1.08 bits per heavy atom. The summed E-state index contributed by atoms with van der Waals surface area (Å²) in [6.45, 7) is 0. The molecule has 0 fully saturated rings. The van der Waals surface area contributed by atoms with E-state index in [1.54, 1.807) is 0 Å². The Hall–Kier alpha value is -9.16. The summed E-state index contributed by atoms with van der Waals surface area (Å²) in [5, 5.41) is 13.3. The number of rotatable bonds is 6. The van der Waals surface area contributed by atoms with Gasteiger partial charge in [-0.2, -0.15) is 0 Å². The van der Waals surface area contributed by atoms with Gasteiger partial charge in [0.05, 0.1) is 0 Å². The molecule has 4 nitrogen and oxygen atoms in total. The number of furan rings is 2. The molecule has 348 valence electrons. The summed E-state index contributed by atoms with van der Waals surface area (Å²) in [5.74, 6) is 0. The molecule has 0 unspecified atom stereocenters. The average Bonchev–Trinajstić information content (AvgIpc) is 4.03. The molecule has 0 radical (unpaired) electrons. The molecule has 0 amide bonds. The van der Waals surface area contributed by atoms with Gasteiger partial charge in [-0.15, -0.1) is 0 Å². The lowest BCUT2D eigenvalue weighted by atomic mass is 9.98. The van der Waals surface area contributed by atoms with Crippen LogP contribution in [0.3, 0.4) is 0 Å². The smallest absolute Gasteiger partial charge is 0.143 e. The average molecular weight is 1000 g/mol. The first-order chi connectivity index (χ1) is 36.0. The number of nitrogen functional groups attached to an aromatic ring is 1. The number of fused-ring (bicyclic) bond motifs is 8. The maximum atomic E-state index is 6.22. The molecule has 3 N–H and O–H groups in total. The van der Waals surface area contributed by atoms with Crippen molar-refractivity contribution in [3.8, 4) is 44.5 Å². The van der Waals surface area contributed by atoms with Crippen LogP contribution in [-0.2, 0) is 0 Å². The van der Waals surface area contributed by atoms with E-state index in [1.165, 1.54) is 43.8 Å². The highest BCUT2D eigenvalue weighted by Crippen LogP contribution is 2.38. The fraction of sp³-hybridized carbons (Fsp3) is 0. The van der Waals surface area contributed by atoms with Crippen molar-refractivity contribution in [2.75, 3.05) is 11.1 Å². The second-order valence-corrected chi connectivity index (χ2v) is 18.9. The molecule has 0 bridgehead atoms. The largest absolute Gasteiger partial charge is 0.455 e. The third-order valence-electron chi connectivity index (χ3n) is 13.4. The Labute approximate surface area is 431 Å². The normalized spacial score (nSPS) is 11.1. The molecule has 14 aromatic rings. The van der Waals surface area contributed by atoms with Crippen LogP contribution in [0.5, 0.6) is 0 Å². The van der Waals surface area contributed by atoms with Gasteiger partial charge in [0.2, 0.25) is 0 Å². The predicted molar refractivity (Wildman–Crippen MR) is 312 cm³/mol. The van der Waals surface area contributed by atoms with Gasteiger partial charge in [-0.05, 0) is 116 Å². The minimum Gasteiger partial charge on any atom is -0.455 e. The monoisotopic (exact) mass is 1000 g/mol. The van der Waals surface area contributed by atoms with Crippen LogP contribution < -0.4 is 11.1 Å². The molecular weight excluding hydrogens is 957 g/mol. The van der Waals surface area contributed by atoms with Crippen LogP contribution in [0.2, 0.25) is 0 Å². The fourth-order valence-electron chi connectivity index (χ4n) is 9.83. The van der Waals surface area contributed by atoms with E-state index < -0.39 is 0 Å². The molecule has 0 saturated carbocycles. The molecule has 5 heteroatoms. The first-order valence-electron chi connectivity index (χ1n) is 24.4. The molecule has 0 spiro atoms. The molecule has 14 rings (SSSR count). The number of halogens is 1. The quantitative estimate of drug-likeness (QED) is 0.163. The molecule has 73 heavy (non-hydrogen) atoms. The molecule has 0 aliphatic rings. The van der Waals surface area contributed by atoms with Crippen molar-refractivity contribution >= 4 is 98.4 Å².